The molecule has 128 valence electrons. The van der Waals surface area contributed by atoms with Gasteiger partial charge in [0.25, 0.3) is 5.69 Å². The lowest BCUT2D eigenvalue weighted by Crippen LogP contribution is -2.23. The topological polar surface area (TPSA) is 132 Å². The van der Waals surface area contributed by atoms with Crippen molar-refractivity contribution in [1.82, 2.24) is 25.0 Å². The number of nitro benzene ring substituents is 1. The first-order chi connectivity index (χ1) is 11.5. The van der Waals surface area contributed by atoms with Gasteiger partial charge in [0.1, 0.15) is 0 Å². The highest BCUT2D eigenvalue weighted by Crippen LogP contribution is 2.16. The van der Waals surface area contributed by atoms with Gasteiger partial charge in [-0.2, -0.15) is 0 Å². The molecule has 0 radical (unpaired) electrons. The molecule has 1 atom stereocenters. The van der Waals surface area contributed by atoms with Gasteiger partial charge in [-0.15, -0.1) is 5.10 Å². The minimum atomic E-state index is -3.77. The van der Waals surface area contributed by atoms with Crippen molar-refractivity contribution in [3.8, 4) is 0 Å². The lowest BCUT2D eigenvalue weighted by atomic mass is 10.3. The highest BCUT2D eigenvalue weighted by Gasteiger charge is 2.19. The Hall–Kier alpha value is -2.37. The highest BCUT2D eigenvalue weighted by molar-refractivity contribution is 7.89. The molecule has 1 saturated heterocycles. The summed E-state index contributed by atoms with van der Waals surface area (Å²) in [7, 11) is -3.77. The third-order valence-corrected chi connectivity index (χ3v) is 5.18. The highest BCUT2D eigenvalue weighted by atomic mass is 32.2. The number of hydrogen-bond donors (Lipinski definition) is 2. The van der Waals surface area contributed by atoms with Gasteiger partial charge in [0.05, 0.1) is 34.3 Å². The molecule has 2 N–H and O–H groups in total. The summed E-state index contributed by atoms with van der Waals surface area (Å²) in [6.45, 7) is 1.74. The number of non-ortho nitro benzene ring substituents is 1. The summed E-state index contributed by atoms with van der Waals surface area (Å²) in [6, 6.07) is 4.93. The van der Waals surface area contributed by atoms with Crippen molar-refractivity contribution < 1.29 is 13.3 Å². The maximum absolute atomic E-state index is 12.2. The fraction of sp³-hybridized carbons (Fsp3) is 0.385. The zero-order valence-corrected chi connectivity index (χ0v) is 13.4. The number of sulfonamides is 1. The zero-order chi connectivity index (χ0) is 17.2. The molecule has 1 aliphatic rings. The molecule has 1 aromatic carbocycles. The van der Waals surface area contributed by atoms with Crippen LogP contribution in [-0.2, 0) is 16.6 Å². The molecule has 0 aliphatic carbocycles. The summed E-state index contributed by atoms with van der Waals surface area (Å²) in [5.41, 5.74) is 0.342. The van der Waals surface area contributed by atoms with Gasteiger partial charge >= 0.3 is 0 Å². The van der Waals surface area contributed by atoms with E-state index < -0.39 is 14.9 Å². The van der Waals surface area contributed by atoms with Gasteiger partial charge in [-0.05, 0) is 25.1 Å². The Morgan fingerprint density at radius 3 is 2.75 bits per heavy atom. The number of benzene rings is 1. The van der Waals surface area contributed by atoms with Crippen molar-refractivity contribution in [2.45, 2.75) is 23.9 Å². The van der Waals surface area contributed by atoms with Gasteiger partial charge in [-0.1, -0.05) is 5.21 Å². The Kier molecular flexibility index (Phi) is 4.55. The summed E-state index contributed by atoms with van der Waals surface area (Å²) in [5, 5.41) is 21.8. The Bertz CT molecular complexity index is 826. The summed E-state index contributed by atoms with van der Waals surface area (Å²) in [4.78, 5) is 9.98. The second-order valence-corrected chi connectivity index (χ2v) is 7.18. The number of nitro groups is 1. The van der Waals surface area contributed by atoms with E-state index in [2.05, 4.69) is 20.4 Å². The van der Waals surface area contributed by atoms with Gasteiger partial charge in [0.15, 0.2) is 0 Å². The van der Waals surface area contributed by atoms with E-state index in [1.807, 2.05) is 0 Å². The van der Waals surface area contributed by atoms with Crippen LogP contribution in [0.1, 0.15) is 18.2 Å². The monoisotopic (exact) mass is 352 g/mol. The first-order valence-corrected chi connectivity index (χ1v) is 8.79. The van der Waals surface area contributed by atoms with E-state index in [9.17, 15) is 18.5 Å². The second kappa shape index (κ2) is 6.63. The molecule has 1 aromatic heterocycles. The van der Waals surface area contributed by atoms with Crippen LogP contribution in [0.15, 0.2) is 35.4 Å². The van der Waals surface area contributed by atoms with Crippen LogP contribution >= 0.6 is 0 Å². The molecule has 3 rings (SSSR count). The predicted molar refractivity (Wildman–Crippen MR) is 83.7 cm³/mol. The van der Waals surface area contributed by atoms with Crippen molar-refractivity contribution in [3.63, 3.8) is 0 Å². The fourth-order valence-corrected chi connectivity index (χ4v) is 3.44. The van der Waals surface area contributed by atoms with E-state index in [0.717, 1.165) is 31.6 Å². The molecule has 0 spiro atoms. The summed E-state index contributed by atoms with van der Waals surface area (Å²) >= 11 is 0. The van der Waals surface area contributed by atoms with E-state index in [1.165, 1.54) is 12.1 Å². The second-order valence-electron chi connectivity index (χ2n) is 5.41. The van der Waals surface area contributed by atoms with Gasteiger partial charge in [0, 0.05) is 18.7 Å². The van der Waals surface area contributed by atoms with Crippen LogP contribution in [0, 0.1) is 10.1 Å². The standard InChI is InChI=1S/C13H16N6O4S/c20-19(21)11-1-3-13(4-2-11)24(22,23)15-7-10-9-18(17-16-10)12-5-6-14-8-12/h1-4,9,12,14-15H,5-8H2. The smallest absolute Gasteiger partial charge is 0.269 e. The molecule has 1 aliphatic heterocycles. The molecule has 24 heavy (non-hydrogen) atoms. The molecular formula is C13H16N6O4S. The zero-order valence-electron chi connectivity index (χ0n) is 12.6. The molecule has 11 heteroatoms. The summed E-state index contributed by atoms with van der Waals surface area (Å²) < 4.78 is 28.6. The molecule has 1 fully saturated rings. The van der Waals surface area contributed by atoms with Gasteiger partial charge in [-0.25, -0.2) is 17.8 Å². The largest absolute Gasteiger partial charge is 0.315 e. The van der Waals surface area contributed by atoms with Crippen molar-refractivity contribution in [3.05, 3.63) is 46.3 Å². The minimum absolute atomic E-state index is 0.000526. The van der Waals surface area contributed by atoms with Crippen molar-refractivity contribution in [2.75, 3.05) is 13.1 Å². The number of rotatable bonds is 6. The molecule has 0 amide bonds. The quantitative estimate of drug-likeness (QED) is 0.560. The van der Waals surface area contributed by atoms with Crippen LogP contribution in [0.25, 0.3) is 0 Å². The number of aromatic nitrogens is 3. The Balaban J connectivity index is 1.65. The summed E-state index contributed by atoms with van der Waals surface area (Å²) in [5.74, 6) is 0. The number of nitrogens with zero attached hydrogens (tertiary/aromatic N) is 4. The van der Waals surface area contributed by atoms with Crippen molar-refractivity contribution >= 4 is 15.7 Å². The van der Waals surface area contributed by atoms with Crippen LogP contribution in [0.2, 0.25) is 0 Å². The Morgan fingerprint density at radius 2 is 2.12 bits per heavy atom. The van der Waals surface area contributed by atoms with Gasteiger partial charge in [0.2, 0.25) is 10.0 Å². The third-order valence-electron chi connectivity index (χ3n) is 3.77. The Morgan fingerprint density at radius 1 is 1.38 bits per heavy atom. The first-order valence-electron chi connectivity index (χ1n) is 7.31. The average molecular weight is 352 g/mol. The molecule has 2 aromatic rings. The van der Waals surface area contributed by atoms with Crippen LogP contribution in [0.4, 0.5) is 5.69 Å². The fourth-order valence-electron chi connectivity index (χ4n) is 2.44. The van der Waals surface area contributed by atoms with E-state index in [1.54, 1.807) is 10.9 Å². The molecule has 10 nitrogen and oxygen atoms in total. The number of nitrogens with one attached hydrogen (secondary N) is 2. The third kappa shape index (κ3) is 3.58. The van der Waals surface area contributed by atoms with E-state index in [-0.39, 0.29) is 23.2 Å². The lowest BCUT2D eigenvalue weighted by molar-refractivity contribution is -0.384. The van der Waals surface area contributed by atoms with Crippen LogP contribution in [0.3, 0.4) is 0 Å². The van der Waals surface area contributed by atoms with Gasteiger partial charge < -0.3 is 5.32 Å². The van der Waals surface area contributed by atoms with Crippen molar-refractivity contribution in [1.29, 1.82) is 0 Å². The van der Waals surface area contributed by atoms with Crippen LogP contribution in [0.5, 0.6) is 0 Å². The van der Waals surface area contributed by atoms with E-state index >= 15 is 0 Å². The van der Waals surface area contributed by atoms with E-state index in [0.29, 0.717) is 5.69 Å². The molecule has 2 heterocycles. The van der Waals surface area contributed by atoms with E-state index in [4.69, 9.17) is 0 Å². The van der Waals surface area contributed by atoms with Crippen LogP contribution in [-0.4, -0.2) is 41.4 Å². The molecular weight excluding hydrogens is 336 g/mol. The first kappa shape index (κ1) is 16.5. The summed E-state index contributed by atoms with van der Waals surface area (Å²) in [6.07, 6.45) is 2.67. The van der Waals surface area contributed by atoms with Crippen molar-refractivity contribution in [2.24, 2.45) is 0 Å². The normalized spacial score (nSPS) is 17.9. The molecule has 0 saturated carbocycles. The van der Waals surface area contributed by atoms with Gasteiger partial charge in [-0.3, -0.25) is 10.1 Å². The maximum Gasteiger partial charge on any atom is 0.269 e. The SMILES string of the molecule is O=[N+]([O-])c1ccc(S(=O)(=O)NCc2cn(C3CCNC3)nn2)cc1. The molecule has 1 unspecified atom stereocenters. The van der Waals surface area contributed by atoms with Crippen LogP contribution < -0.4 is 10.0 Å². The minimum Gasteiger partial charge on any atom is -0.315 e. The average Bonchev–Trinajstić information content (AvgIpc) is 3.24. The maximum atomic E-state index is 12.2. The lowest BCUT2D eigenvalue weighted by Gasteiger charge is -2.06. The predicted octanol–water partition coefficient (Wildman–Crippen LogP) is 0.199. The molecule has 0 bridgehead atoms. The number of hydrogen-bond acceptors (Lipinski definition) is 7. The Labute approximate surface area is 138 Å².